The monoisotopic (exact) mass is 265 g/mol. The Bertz CT molecular complexity index is 391. The molecule has 0 aromatic carbocycles. The summed E-state index contributed by atoms with van der Waals surface area (Å²) in [6.07, 6.45) is 8.37. The first-order chi connectivity index (χ1) is 8.83. The number of nitrogens with zero attached hydrogens (tertiary/aromatic N) is 3. The number of piperidine rings is 1. The number of hydrogen-bond donors (Lipinski definition) is 0. The van der Waals surface area contributed by atoms with Crippen molar-refractivity contribution in [3.05, 3.63) is 23.0 Å². The largest absolute Gasteiger partial charge is 0.294 e. The van der Waals surface area contributed by atoms with Crippen molar-refractivity contribution in [3.63, 3.8) is 0 Å². The average molecular weight is 266 g/mol. The number of hydrogen-bond acceptors (Lipinski definition) is 3. The first-order valence-corrected chi connectivity index (χ1v) is 7.43. The van der Waals surface area contributed by atoms with Gasteiger partial charge in [-0.15, -0.1) is 5.10 Å². The summed E-state index contributed by atoms with van der Waals surface area (Å²) in [7, 11) is 0. The van der Waals surface area contributed by atoms with Crippen LogP contribution in [0.3, 0.4) is 0 Å². The normalized spacial score (nSPS) is 28.9. The number of fused-ring (bicyclic) bond motifs is 1. The van der Waals surface area contributed by atoms with Crippen molar-refractivity contribution in [1.82, 2.24) is 15.1 Å². The number of rotatable bonds is 2. The first kappa shape index (κ1) is 12.4. The second-order valence-electron chi connectivity index (χ2n) is 5.57. The van der Waals surface area contributed by atoms with Gasteiger partial charge in [-0.2, -0.15) is 5.10 Å². The second kappa shape index (κ2) is 5.54. The van der Waals surface area contributed by atoms with Crippen LogP contribution < -0.4 is 0 Å². The van der Waals surface area contributed by atoms with Gasteiger partial charge in [-0.3, -0.25) is 4.90 Å². The fourth-order valence-electron chi connectivity index (χ4n) is 3.56. The highest BCUT2D eigenvalue weighted by Gasteiger charge is 2.33. The van der Waals surface area contributed by atoms with Crippen LogP contribution in [0.1, 0.15) is 44.2 Å². The summed E-state index contributed by atoms with van der Waals surface area (Å²) in [5.74, 6) is 0.924. The molecule has 0 spiro atoms. The molecule has 2 heterocycles. The number of aromatic nitrogens is 2. The van der Waals surface area contributed by atoms with Gasteiger partial charge in [0.2, 0.25) is 0 Å². The minimum Gasteiger partial charge on any atom is -0.294 e. The van der Waals surface area contributed by atoms with Crippen molar-refractivity contribution >= 4 is 11.6 Å². The molecule has 3 nitrogen and oxygen atoms in total. The van der Waals surface area contributed by atoms with Gasteiger partial charge in [-0.1, -0.05) is 24.4 Å². The third-order valence-electron chi connectivity index (χ3n) is 4.41. The molecule has 1 saturated heterocycles. The molecular formula is C14H20ClN3. The van der Waals surface area contributed by atoms with E-state index in [4.69, 9.17) is 11.6 Å². The van der Waals surface area contributed by atoms with Gasteiger partial charge in [0.25, 0.3) is 0 Å². The van der Waals surface area contributed by atoms with E-state index in [2.05, 4.69) is 15.1 Å². The van der Waals surface area contributed by atoms with Gasteiger partial charge in [-0.05, 0) is 50.3 Å². The Morgan fingerprint density at radius 1 is 1.11 bits per heavy atom. The van der Waals surface area contributed by atoms with E-state index in [0.29, 0.717) is 5.15 Å². The number of likely N-dealkylation sites (tertiary alicyclic amines) is 1. The quantitative estimate of drug-likeness (QED) is 0.822. The average Bonchev–Trinajstić information content (AvgIpc) is 2.42. The van der Waals surface area contributed by atoms with Crippen molar-refractivity contribution < 1.29 is 0 Å². The van der Waals surface area contributed by atoms with Gasteiger partial charge < -0.3 is 0 Å². The molecule has 0 amide bonds. The zero-order valence-electron chi connectivity index (χ0n) is 10.7. The Morgan fingerprint density at radius 3 is 2.78 bits per heavy atom. The third kappa shape index (κ3) is 2.67. The van der Waals surface area contributed by atoms with E-state index < -0.39 is 0 Å². The molecule has 1 aromatic heterocycles. The van der Waals surface area contributed by atoms with Crippen LogP contribution in [0.25, 0.3) is 0 Å². The molecule has 0 bridgehead atoms. The molecule has 98 valence electrons. The highest BCUT2D eigenvalue weighted by Crippen LogP contribution is 2.35. The van der Waals surface area contributed by atoms with Crippen LogP contribution in [0.15, 0.2) is 12.1 Å². The van der Waals surface area contributed by atoms with Crippen LogP contribution in [-0.4, -0.2) is 27.7 Å². The summed E-state index contributed by atoms with van der Waals surface area (Å²) in [6, 6.07) is 4.62. The van der Waals surface area contributed by atoms with Crippen molar-refractivity contribution in [1.29, 1.82) is 0 Å². The van der Waals surface area contributed by atoms with Crippen LogP contribution in [0, 0.1) is 5.92 Å². The van der Waals surface area contributed by atoms with Gasteiger partial charge in [0.15, 0.2) is 5.15 Å². The molecule has 2 aliphatic rings. The van der Waals surface area contributed by atoms with E-state index in [9.17, 15) is 0 Å². The molecular weight excluding hydrogens is 246 g/mol. The molecule has 1 saturated carbocycles. The van der Waals surface area contributed by atoms with Crippen LogP contribution >= 0.6 is 11.6 Å². The Hall–Kier alpha value is -0.670. The van der Waals surface area contributed by atoms with E-state index >= 15 is 0 Å². The first-order valence-electron chi connectivity index (χ1n) is 7.05. The minimum absolute atomic E-state index is 0.480. The zero-order valence-corrected chi connectivity index (χ0v) is 11.4. The lowest BCUT2D eigenvalue weighted by Gasteiger charge is -2.44. The highest BCUT2D eigenvalue weighted by atomic mass is 35.5. The molecule has 1 aliphatic heterocycles. The van der Waals surface area contributed by atoms with Gasteiger partial charge in [0.1, 0.15) is 0 Å². The van der Waals surface area contributed by atoms with Crippen LogP contribution in [0.2, 0.25) is 5.15 Å². The molecule has 1 aliphatic carbocycles. The second-order valence-corrected chi connectivity index (χ2v) is 5.96. The molecule has 1 aromatic rings. The topological polar surface area (TPSA) is 29.0 Å². The maximum absolute atomic E-state index is 5.78. The molecule has 2 atom stereocenters. The lowest BCUT2D eigenvalue weighted by Crippen LogP contribution is -2.46. The summed E-state index contributed by atoms with van der Waals surface area (Å²) in [5.41, 5.74) is 1.05. The lowest BCUT2D eigenvalue weighted by atomic mass is 9.78. The fourth-order valence-corrected chi connectivity index (χ4v) is 3.66. The lowest BCUT2D eigenvalue weighted by molar-refractivity contribution is 0.0535. The molecule has 2 unspecified atom stereocenters. The van der Waals surface area contributed by atoms with Crippen molar-refractivity contribution in [3.8, 4) is 0 Å². The Morgan fingerprint density at radius 2 is 1.94 bits per heavy atom. The standard InChI is InChI=1S/C14H20ClN3/c15-14-8-7-12(16-17-14)10-18-9-3-5-11-4-1-2-6-13(11)18/h7-8,11,13H,1-6,9-10H2. The maximum Gasteiger partial charge on any atom is 0.151 e. The van der Waals surface area contributed by atoms with Crippen molar-refractivity contribution in [2.24, 2.45) is 5.92 Å². The van der Waals surface area contributed by atoms with E-state index in [1.54, 1.807) is 0 Å². The maximum atomic E-state index is 5.78. The van der Waals surface area contributed by atoms with E-state index in [-0.39, 0.29) is 0 Å². The predicted molar refractivity (Wildman–Crippen MR) is 72.4 cm³/mol. The highest BCUT2D eigenvalue weighted by molar-refractivity contribution is 6.29. The summed E-state index contributed by atoms with van der Waals surface area (Å²) >= 11 is 5.78. The summed E-state index contributed by atoms with van der Waals surface area (Å²) in [4.78, 5) is 2.62. The zero-order chi connectivity index (χ0) is 12.4. The van der Waals surface area contributed by atoms with E-state index in [0.717, 1.165) is 24.2 Å². The Kier molecular flexibility index (Phi) is 3.80. The fraction of sp³-hybridized carbons (Fsp3) is 0.714. The Labute approximate surface area is 114 Å². The SMILES string of the molecule is Clc1ccc(CN2CCCC3CCCCC32)nn1. The Balaban J connectivity index is 1.69. The minimum atomic E-state index is 0.480. The molecule has 3 rings (SSSR count). The molecule has 2 fully saturated rings. The summed E-state index contributed by atoms with van der Waals surface area (Å²) in [6.45, 7) is 2.15. The van der Waals surface area contributed by atoms with Crippen LogP contribution in [-0.2, 0) is 6.54 Å². The van der Waals surface area contributed by atoms with Crippen molar-refractivity contribution in [2.75, 3.05) is 6.54 Å². The third-order valence-corrected chi connectivity index (χ3v) is 4.61. The van der Waals surface area contributed by atoms with Gasteiger partial charge in [-0.25, -0.2) is 0 Å². The van der Waals surface area contributed by atoms with Gasteiger partial charge >= 0.3 is 0 Å². The van der Waals surface area contributed by atoms with Gasteiger partial charge in [0, 0.05) is 12.6 Å². The van der Waals surface area contributed by atoms with Gasteiger partial charge in [0.05, 0.1) is 5.69 Å². The van der Waals surface area contributed by atoms with E-state index in [1.165, 1.54) is 45.1 Å². The van der Waals surface area contributed by atoms with Crippen LogP contribution in [0.4, 0.5) is 0 Å². The molecule has 18 heavy (non-hydrogen) atoms. The predicted octanol–water partition coefficient (Wildman–Crippen LogP) is 3.28. The van der Waals surface area contributed by atoms with E-state index in [1.807, 2.05) is 12.1 Å². The summed E-state index contributed by atoms with van der Waals surface area (Å²) < 4.78 is 0. The molecule has 0 radical (unpaired) electrons. The smallest absolute Gasteiger partial charge is 0.151 e. The summed E-state index contributed by atoms with van der Waals surface area (Å²) in [5, 5.41) is 8.60. The number of halogens is 1. The van der Waals surface area contributed by atoms with Crippen LogP contribution in [0.5, 0.6) is 0 Å². The molecule has 4 heteroatoms. The van der Waals surface area contributed by atoms with Crippen molar-refractivity contribution in [2.45, 2.75) is 51.1 Å². The molecule has 0 N–H and O–H groups in total.